The monoisotopic (exact) mass is 1200 g/mol. The third kappa shape index (κ3) is 9.57. The van der Waals surface area contributed by atoms with Gasteiger partial charge in [0.25, 0.3) is 0 Å². The van der Waals surface area contributed by atoms with Crippen molar-refractivity contribution in [2.24, 2.45) is 0 Å². The first-order valence-electron chi connectivity index (χ1n) is 26.6. The van der Waals surface area contributed by atoms with Gasteiger partial charge in [-0.3, -0.25) is 0 Å². The van der Waals surface area contributed by atoms with Crippen LogP contribution in [0.1, 0.15) is 105 Å². The summed E-state index contributed by atoms with van der Waals surface area (Å²) in [6, 6.07) is 67.3. The summed E-state index contributed by atoms with van der Waals surface area (Å²) in [5.74, 6) is 2.10. The van der Waals surface area contributed by atoms with Crippen LogP contribution >= 0.6 is 11.3 Å². The number of hydrogen-bond acceptors (Lipinski definition) is 5. The van der Waals surface area contributed by atoms with Crippen molar-refractivity contribution >= 4 is 65.3 Å². The molecule has 0 saturated carbocycles. The van der Waals surface area contributed by atoms with E-state index in [2.05, 4.69) is 274 Å². The summed E-state index contributed by atoms with van der Waals surface area (Å²) in [6.07, 6.45) is 1.92. The molecule has 5 nitrogen and oxygen atoms in total. The Morgan fingerprint density at radius 2 is 1.05 bits per heavy atom. The molecule has 0 N–H and O–H groups in total. The summed E-state index contributed by atoms with van der Waals surface area (Å²) in [5.41, 5.74) is 18.1. The van der Waals surface area contributed by atoms with Crippen molar-refractivity contribution in [2.75, 3.05) is 9.80 Å². The average molecular weight is 1210 g/mol. The molecule has 12 rings (SSSR count). The second kappa shape index (κ2) is 19.2. The molecule has 7 heteroatoms. The maximum Gasteiger partial charge on any atom is 0.135 e. The fourth-order valence-corrected chi connectivity index (χ4v) is 11.9. The van der Waals surface area contributed by atoms with Gasteiger partial charge < -0.3 is 19.1 Å². The molecule has 0 fully saturated rings. The van der Waals surface area contributed by atoms with Gasteiger partial charge in [0, 0.05) is 77.2 Å². The van der Waals surface area contributed by atoms with Gasteiger partial charge in [-0.15, -0.1) is 42.7 Å². The standard InChI is InChI=1S/C70H65N4OS.Pt/c1-67(2,3)48-32-33-71-63(39-48)74-59-26-19-27-61-64(59)65-60(74)41-54(42-62(65)76-61)75-53-23-18-22-52(40-53)72-43-73(58-25-17-16-24-57(58)72)66-55(46-30-28-45(29-31-46)44-20-14-13-15-21-44)37-51(70(10,11)12)38-56(66)47-34-49(68(4,5)6)36-50(35-47)69(7,8)9;/h13-39,42-43H,1-12H3;/q-3;. The molecule has 0 unspecified atom stereocenters. The summed E-state index contributed by atoms with van der Waals surface area (Å²) in [7, 11) is 0. The molecule has 0 saturated heterocycles. The third-order valence-corrected chi connectivity index (χ3v) is 16.2. The van der Waals surface area contributed by atoms with Crippen molar-refractivity contribution in [1.82, 2.24) is 9.55 Å². The minimum Gasteiger partial charge on any atom is -0.509 e. The Morgan fingerprint density at radius 1 is 0.468 bits per heavy atom. The topological polar surface area (TPSA) is 33.5 Å². The summed E-state index contributed by atoms with van der Waals surface area (Å²) >= 11 is 1.79. The van der Waals surface area contributed by atoms with Gasteiger partial charge >= 0.3 is 0 Å². The molecule has 0 spiro atoms. The number of rotatable bonds is 8. The van der Waals surface area contributed by atoms with Crippen LogP contribution in [-0.2, 0) is 42.7 Å². The van der Waals surface area contributed by atoms with Crippen molar-refractivity contribution in [3.8, 4) is 50.7 Å². The van der Waals surface area contributed by atoms with Crippen LogP contribution in [0.4, 0.5) is 22.7 Å². The molecule has 1 aliphatic heterocycles. The molecule has 4 heterocycles. The van der Waals surface area contributed by atoms with E-state index in [1.807, 2.05) is 12.3 Å². The van der Waals surface area contributed by atoms with E-state index in [-0.39, 0.29) is 42.7 Å². The number of pyridine rings is 1. The molecular weight excluding hydrogens is 1140 g/mol. The first-order valence-corrected chi connectivity index (χ1v) is 27.4. The average Bonchev–Trinajstić information content (AvgIpc) is 4.32. The van der Waals surface area contributed by atoms with Crippen molar-refractivity contribution in [2.45, 2.75) is 105 Å². The summed E-state index contributed by atoms with van der Waals surface area (Å²) in [6.45, 7) is 29.9. The van der Waals surface area contributed by atoms with Crippen molar-refractivity contribution in [3.05, 3.63) is 211 Å². The minimum atomic E-state index is -0.138. The zero-order valence-electron chi connectivity index (χ0n) is 46.2. The first-order chi connectivity index (χ1) is 36.2. The van der Waals surface area contributed by atoms with Gasteiger partial charge in [0.1, 0.15) is 5.82 Å². The number of hydrogen-bond donors (Lipinski definition) is 0. The van der Waals surface area contributed by atoms with Crippen LogP contribution in [0.2, 0.25) is 0 Å². The Hall–Kier alpha value is -6.98. The van der Waals surface area contributed by atoms with E-state index in [9.17, 15) is 0 Å². The fraction of sp³-hybridized carbons (Fsp3) is 0.229. The van der Waals surface area contributed by atoms with Gasteiger partial charge in [-0.05, 0) is 120 Å². The second-order valence-corrected chi connectivity index (χ2v) is 25.8. The van der Waals surface area contributed by atoms with Gasteiger partial charge in [-0.2, -0.15) is 17.4 Å². The molecule has 0 amide bonds. The SMILES string of the molecule is CC(C)(C)c1cc(-c2cc(C(C)(C)C)cc(-c3ccc(-c4ccccc4)cc3)c2N2[CH-]N(c3[c-]c(Oc4[c-]c5c6c(c4)sc4cccc(c46)n5-c4cc(C(C)(C)C)ccn4)ccc3)c3ccccc32)cc(C(C)(C)C)c1.[Pt]. The predicted octanol–water partition coefficient (Wildman–Crippen LogP) is 19.8. The van der Waals surface area contributed by atoms with E-state index in [0.29, 0.717) is 11.5 Å². The number of nitrogens with zero attached hydrogens (tertiary/aromatic N) is 4. The Labute approximate surface area is 473 Å². The molecule has 0 aliphatic carbocycles. The zero-order valence-corrected chi connectivity index (χ0v) is 49.3. The summed E-state index contributed by atoms with van der Waals surface area (Å²) in [5, 5.41) is 2.43. The van der Waals surface area contributed by atoms with E-state index in [1.165, 1.54) is 60.0 Å². The molecular formula is C70H65N4OPtS-3. The van der Waals surface area contributed by atoms with Crippen molar-refractivity contribution < 1.29 is 25.8 Å². The van der Waals surface area contributed by atoms with E-state index >= 15 is 0 Å². The van der Waals surface area contributed by atoms with Crippen LogP contribution in [0.25, 0.3) is 70.4 Å². The van der Waals surface area contributed by atoms with Gasteiger partial charge in [0.2, 0.25) is 0 Å². The molecule has 1 aliphatic rings. The normalized spacial score (nSPS) is 13.2. The molecule has 0 radical (unpaired) electrons. The summed E-state index contributed by atoms with van der Waals surface area (Å²) in [4.78, 5) is 9.61. The summed E-state index contributed by atoms with van der Waals surface area (Å²) < 4.78 is 11.5. The van der Waals surface area contributed by atoms with E-state index in [1.54, 1.807) is 11.3 Å². The number of aromatic nitrogens is 2. The maximum atomic E-state index is 6.88. The molecule has 0 bridgehead atoms. The van der Waals surface area contributed by atoms with Crippen LogP contribution in [0.15, 0.2) is 170 Å². The molecule has 8 aromatic carbocycles. The van der Waals surface area contributed by atoms with Crippen LogP contribution in [0.3, 0.4) is 0 Å². The minimum absolute atomic E-state index is 0. The molecule has 77 heavy (non-hydrogen) atoms. The molecule has 11 aromatic rings. The zero-order chi connectivity index (χ0) is 53.1. The Balaban J connectivity index is 0.00000631. The quantitative estimate of drug-likeness (QED) is 0.142. The smallest absolute Gasteiger partial charge is 0.135 e. The number of anilines is 4. The Kier molecular flexibility index (Phi) is 13.0. The van der Waals surface area contributed by atoms with Crippen molar-refractivity contribution in [1.29, 1.82) is 0 Å². The predicted molar refractivity (Wildman–Crippen MR) is 322 cm³/mol. The number of thiophene rings is 1. The van der Waals surface area contributed by atoms with Crippen LogP contribution < -0.4 is 14.5 Å². The van der Waals surface area contributed by atoms with Crippen LogP contribution in [-0.4, -0.2) is 9.55 Å². The first kappa shape index (κ1) is 52.1. The molecule has 390 valence electrons. The maximum absolute atomic E-state index is 6.88. The van der Waals surface area contributed by atoms with Crippen molar-refractivity contribution in [3.63, 3.8) is 0 Å². The number of ether oxygens (including phenoxy) is 1. The number of fused-ring (bicyclic) bond motifs is 1. The largest absolute Gasteiger partial charge is 0.509 e. The Bertz CT molecular complexity index is 3960. The van der Waals surface area contributed by atoms with E-state index in [0.717, 1.165) is 55.4 Å². The number of para-hydroxylation sites is 2. The van der Waals surface area contributed by atoms with E-state index < -0.39 is 0 Å². The third-order valence-electron chi connectivity index (χ3n) is 15.1. The van der Waals surface area contributed by atoms with Gasteiger partial charge in [-0.25, -0.2) is 4.98 Å². The van der Waals surface area contributed by atoms with Crippen LogP contribution in [0, 0.1) is 18.8 Å². The fourth-order valence-electron chi connectivity index (χ4n) is 10.7. The van der Waals surface area contributed by atoms with Gasteiger partial charge in [0.15, 0.2) is 0 Å². The molecule has 3 aromatic heterocycles. The Morgan fingerprint density at radius 3 is 1.71 bits per heavy atom. The second-order valence-electron chi connectivity index (χ2n) is 24.7. The molecule has 0 atom stereocenters. The van der Waals surface area contributed by atoms with Gasteiger partial charge in [0.05, 0.1) is 0 Å². The van der Waals surface area contributed by atoms with E-state index in [4.69, 9.17) is 9.72 Å². The van der Waals surface area contributed by atoms with Gasteiger partial charge in [-0.1, -0.05) is 190 Å². The number of benzene rings is 8. The van der Waals surface area contributed by atoms with Crippen LogP contribution in [0.5, 0.6) is 11.5 Å².